The van der Waals surface area contributed by atoms with E-state index in [2.05, 4.69) is 25.7 Å². The van der Waals surface area contributed by atoms with Gasteiger partial charge in [0.1, 0.15) is 0 Å². The van der Waals surface area contributed by atoms with Crippen LogP contribution in [0.15, 0.2) is 0 Å². The van der Waals surface area contributed by atoms with E-state index < -0.39 is 0 Å². The highest BCUT2D eigenvalue weighted by atomic mass is 15.3. The Balaban J connectivity index is 2.12. The summed E-state index contributed by atoms with van der Waals surface area (Å²) in [6, 6.07) is 0.747. The number of rotatable bonds is 2. The minimum Gasteiger partial charge on any atom is -0.329 e. The molecule has 2 rings (SSSR count). The molecule has 1 heterocycles. The van der Waals surface area contributed by atoms with E-state index in [-0.39, 0.29) is 0 Å². The molecule has 1 saturated heterocycles. The SMILES string of the molecule is CC1CC(C)N(C2(CN)CCC2C)C1. The van der Waals surface area contributed by atoms with Crippen LogP contribution in [0.25, 0.3) is 0 Å². The minimum atomic E-state index is 0.365. The predicted molar refractivity (Wildman–Crippen MR) is 60.1 cm³/mol. The normalized spacial score (nSPS) is 49.3. The number of nitrogens with two attached hydrogens (primary N) is 1. The zero-order valence-electron chi connectivity index (χ0n) is 9.79. The molecule has 14 heavy (non-hydrogen) atoms. The molecule has 1 aliphatic heterocycles. The maximum absolute atomic E-state index is 6.01. The highest BCUT2D eigenvalue weighted by Gasteiger charge is 2.50. The maximum atomic E-state index is 6.01. The van der Waals surface area contributed by atoms with E-state index in [4.69, 9.17) is 5.73 Å². The Morgan fingerprint density at radius 1 is 1.36 bits per heavy atom. The lowest BCUT2D eigenvalue weighted by molar-refractivity contribution is -0.0355. The first kappa shape index (κ1) is 10.4. The topological polar surface area (TPSA) is 29.3 Å². The molecule has 0 aromatic carbocycles. The summed E-state index contributed by atoms with van der Waals surface area (Å²) < 4.78 is 0. The van der Waals surface area contributed by atoms with Gasteiger partial charge in [0.2, 0.25) is 0 Å². The van der Waals surface area contributed by atoms with Crippen molar-refractivity contribution in [3.8, 4) is 0 Å². The largest absolute Gasteiger partial charge is 0.329 e. The molecule has 1 saturated carbocycles. The molecule has 0 aromatic heterocycles. The fourth-order valence-corrected chi connectivity index (χ4v) is 3.53. The van der Waals surface area contributed by atoms with Gasteiger partial charge in [-0.15, -0.1) is 0 Å². The summed E-state index contributed by atoms with van der Waals surface area (Å²) in [5.41, 5.74) is 6.37. The molecule has 0 spiro atoms. The molecule has 0 radical (unpaired) electrons. The molecule has 2 heteroatoms. The maximum Gasteiger partial charge on any atom is 0.0360 e. The Labute approximate surface area is 87.8 Å². The van der Waals surface area contributed by atoms with Gasteiger partial charge in [0.05, 0.1) is 0 Å². The molecule has 2 N–H and O–H groups in total. The summed E-state index contributed by atoms with van der Waals surface area (Å²) >= 11 is 0. The van der Waals surface area contributed by atoms with E-state index in [0.717, 1.165) is 24.4 Å². The van der Waals surface area contributed by atoms with Crippen LogP contribution in [0.1, 0.15) is 40.0 Å². The van der Waals surface area contributed by atoms with Crippen molar-refractivity contribution in [1.82, 2.24) is 4.90 Å². The minimum absolute atomic E-state index is 0.365. The average Bonchev–Trinajstić information content (AvgIpc) is 2.46. The van der Waals surface area contributed by atoms with E-state index in [1.54, 1.807) is 0 Å². The first-order chi connectivity index (χ1) is 6.60. The third kappa shape index (κ3) is 1.31. The molecule has 0 aromatic rings. The van der Waals surface area contributed by atoms with Gasteiger partial charge in [0.25, 0.3) is 0 Å². The molecule has 4 unspecified atom stereocenters. The number of likely N-dealkylation sites (tertiary alicyclic amines) is 1. The lowest BCUT2D eigenvalue weighted by Gasteiger charge is -2.55. The van der Waals surface area contributed by atoms with Crippen LogP contribution in [0, 0.1) is 11.8 Å². The second-order valence-electron chi connectivity index (χ2n) is 5.59. The highest BCUT2D eigenvalue weighted by Crippen LogP contribution is 2.46. The van der Waals surface area contributed by atoms with Gasteiger partial charge < -0.3 is 5.73 Å². The summed E-state index contributed by atoms with van der Waals surface area (Å²) in [4.78, 5) is 2.70. The van der Waals surface area contributed by atoms with Crippen LogP contribution in [0.4, 0.5) is 0 Å². The molecule has 2 aliphatic rings. The Morgan fingerprint density at radius 2 is 2.07 bits per heavy atom. The van der Waals surface area contributed by atoms with Crippen molar-refractivity contribution in [3.63, 3.8) is 0 Å². The molecule has 4 atom stereocenters. The van der Waals surface area contributed by atoms with Gasteiger partial charge in [0, 0.05) is 24.7 Å². The van der Waals surface area contributed by atoms with E-state index in [1.165, 1.54) is 25.8 Å². The Bertz CT molecular complexity index is 212. The van der Waals surface area contributed by atoms with Crippen LogP contribution in [-0.2, 0) is 0 Å². The third-order valence-electron chi connectivity index (χ3n) is 4.64. The quantitative estimate of drug-likeness (QED) is 0.730. The average molecular weight is 196 g/mol. The van der Waals surface area contributed by atoms with Crippen LogP contribution in [0.2, 0.25) is 0 Å². The van der Waals surface area contributed by atoms with Gasteiger partial charge in [0.15, 0.2) is 0 Å². The standard InChI is InChI=1S/C12H24N2/c1-9-6-11(3)14(7-9)12(8-13)5-4-10(12)2/h9-11H,4-8,13H2,1-3H3. The Morgan fingerprint density at radius 3 is 2.36 bits per heavy atom. The van der Waals surface area contributed by atoms with Crippen LogP contribution >= 0.6 is 0 Å². The summed E-state index contributed by atoms with van der Waals surface area (Å²) in [5, 5.41) is 0. The van der Waals surface area contributed by atoms with Gasteiger partial charge in [-0.1, -0.05) is 13.8 Å². The van der Waals surface area contributed by atoms with E-state index >= 15 is 0 Å². The van der Waals surface area contributed by atoms with Gasteiger partial charge >= 0.3 is 0 Å². The summed E-state index contributed by atoms with van der Waals surface area (Å²) in [6.07, 6.45) is 4.05. The second-order valence-corrected chi connectivity index (χ2v) is 5.59. The van der Waals surface area contributed by atoms with Crippen LogP contribution in [0.3, 0.4) is 0 Å². The van der Waals surface area contributed by atoms with Gasteiger partial charge in [-0.05, 0) is 38.0 Å². The van der Waals surface area contributed by atoms with Crippen molar-refractivity contribution in [2.24, 2.45) is 17.6 Å². The van der Waals surface area contributed by atoms with E-state index in [1.807, 2.05) is 0 Å². The fraction of sp³-hybridized carbons (Fsp3) is 1.00. The van der Waals surface area contributed by atoms with Crippen molar-refractivity contribution in [3.05, 3.63) is 0 Å². The van der Waals surface area contributed by atoms with E-state index in [9.17, 15) is 0 Å². The number of nitrogens with zero attached hydrogens (tertiary/aromatic N) is 1. The predicted octanol–water partition coefficient (Wildman–Crippen LogP) is 1.84. The van der Waals surface area contributed by atoms with Crippen LogP contribution in [0.5, 0.6) is 0 Å². The Hall–Kier alpha value is -0.0800. The van der Waals surface area contributed by atoms with Crippen molar-refractivity contribution >= 4 is 0 Å². The third-order valence-corrected chi connectivity index (χ3v) is 4.64. The lowest BCUT2D eigenvalue weighted by atomic mass is 9.66. The zero-order chi connectivity index (χ0) is 10.3. The fourth-order valence-electron chi connectivity index (χ4n) is 3.53. The molecule has 2 nitrogen and oxygen atoms in total. The monoisotopic (exact) mass is 196 g/mol. The number of hydrogen-bond donors (Lipinski definition) is 1. The molecular weight excluding hydrogens is 172 g/mol. The van der Waals surface area contributed by atoms with Crippen molar-refractivity contribution in [1.29, 1.82) is 0 Å². The van der Waals surface area contributed by atoms with Gasteiger partial charge in [-0.25, -0.2) is 0 Å². The van der Waals surface area contributed by atoms with Crippen molar-refractivity contribution in [2.45, 2.75) is 51.6 Å². The molecule has 82 valence electrons. The molecule has 2 fully saturated rings. The smallest absolute Gasteiger partial charge is 0.0360 e. The van der Waals surface area contributed by atoms with Gasteiger partial charge in [-0.3, -0.25) is 4.90 Å². The summed E-state index contributed by atoms with van der Waals surface area (Å²) in [7, 11) is 0. The molecular formula is C12H24N2. The summed E-state index contributed by atoms with van der Waals surface area (Å²) in [6.45, 7) is 9.22. The zero-order valence-corrected chi connectivity index (χ0v) is 9.79. The second kappa shape index (κ2) is 3.49. The molecule has 0 amide bonds. The lowest BCUT2D eigenvalue weighted by Crippen LogP contribution is -2.64. The number of hydrogen-bond acceptors (Lipinski definition) is 2. The van der Waals surface area contributed by atoms with E-state index in [0.29, 0.717) is 5.54 Å². The molecule has 1 aliphatic carbocycles. The molecule has 0 bridgehead atoms. The summed E-state index contributed by atoms with van der Waals surface area (Å²) in [5.74, 6) is 1.67. The first-order valence-electron chi connectivity index (χ1n) is 6.07. The van der Waals surface area contributed by atoms with Crippen molar-refractivity contribution < 1.29 is 0 Å². The van der Waals surface area contributed by atoms with Crippen LogP contribution < -0.4 is 5.73 Å². The first-order valence-corrected chi connectivity index (χ1v) is 6.07. The Kier molecular flexibility index (Phi) is 2.61. The highest BCUT2D eigenvalue weighted by molar-refractivity contribution is 5.06. The van der Waals surface area contributed by atoms with Gasteiger partial charge in [-0.2, -0.15) is 0 Å². The van der Waals surface area contributed by atoms with Crippen molar-refractivity contribution in [2.75, 3.05) is 13.1 Å². The van der Waals surface area contributed by atoms with Crippen LogP contribution in [-0.4, -0.2) is 29.6 Å².